The van der Waals surface area contributed by atoms with E-state index < -0.39 is 5.97 Å². The van der Waals surface area contributed by atoms with Crippen LogP contribution in [0.1, 0.15) is 43.5 Å². The summed E-state index contributed by atoms with van der Waals surface area (Å²) < 4.78 is 0. The molecule has 0 aliphatic carbocycles. The first-order valence-electron chi connectivity index (χ1n) is 7.43. The molecule has 0 spiro atoms. The number of unbranched alkanes of at least 4 members (excludes halogenated alkanes) is 1. The molecule has 116 valence electrons. The molecule has 1 amide bonds. The molecule has 0 bridgehead atoms. The van der Waals surface area contributed by atoms with Gasteiger partial charge in [-0.2, -0.15) is 0 Å². The van der Waals surface area contributed by atoms with Crippen molar-refractivity contribution in [1.29, 1.82) is 0 Å². The van der Waals surface area contributed by atoms with Crippen LogP contribution in [0.3, 0.4) is 0 Å². The van der Waals surface area contributed by atoms with E-state index in [0.717, 1.165) is 31.6 Å². The van der Waals surface area contributed by atoms with Gasteiger partial charge in [-0.15, -0.1) is 0 Å². The van der Waals surface area contributed by atoms with Gasteiger partial charge in [-0.3, -0.25) is 9.59 Å². The zero-order valence-corrected chi connectivity index (χ0v) is 12.8. The summed E-state index contributed by atoms with van der Waals surface area (Å²) >= 11 is 0. The quantitative estimate of drug-likeness (QED) is 0.734. The molecule has 0 aliphatic heterocycles. The van der Waals surface area contributed by atoms with Gasteiger partial charge in [-0.25, -0.2) is 0 Å². The normalized spacial score (nSPS) is 10.2. The number of hydrogen-bond donors (Lipinski definition) is 2. The van der Waals surface area contributed by atoms with Crippen LogP contribution in [0.4, 0.5) is 5.69 Å². The van der Waals surface area contributed by atoms with E-state index in [2.05, 4.69) is 24.1 Å². The summed E-state index contributed by atoms with van der Waals surface area (Å²) in [7, 11) is 0. The Morgan fingerprint density at radius 3 is 2.38 bits per heavy atom. The average Bonchev–Trinajstić information content (AvgIpc) is 2.48. The van der Waals surface area contributed by atoms with Gasteiger partial charge in [0.25, 0.3) is 5.91 Å². The van der Waals surface area contributed by atoms with Crippen molar-refractivity contribution >= 4 is 17.6 Å². The van der Waals surface area contributed by atoms with Gasteiger partial charge in [0.2, 0.25) is 0 Å². The summed E-state index contributed by atoms with van der Waals surface area (Å²) in [6.45, 7) is 6.37. The molecule has 5 heteroatoms. The molecule has 21 heavy (non-hydrogen) atoms. The van der Waals surface area contributed by atoms with Crippen LogP contribution in [0.2, 0.25) is 0 Å². The van der Waals surface area contributed by atoms with Gasteiger partial charge in [0.1, 0.15) is 0 Å². The Kier molecular flexibility index (Phi) is 7.29. The second kappa shape index (κ2) is 9.00. The molecular formula is C16H24N2O3. The van der Waals surface area contributed by atoms with Gasteiger partial charge in [0, 0.05) is 30.9 Å². The number of rotatable bonds is 9. The highest BCUT2D eigenvalue weighted by Gasteiger charge is 2.08. The second-order valence-corrected chi connectivity index (χ2v) is 4.88. The molecule has 5 nitrogen and oxygen atoms in total. The molecule has 0 unspecified atom stereocenters. The largest absolute Gasteiger partial charge is 0.481 e. The zero-order chi connectivity index (χ0) is 15.7. The summed E-state index contributed by atoms with van der Waals surface area (Å²) in [5.41, 5.74) is 1.66. The average molecular weight is 292 g/mol. The molecule has 0 atom stereocenters. The Morgan fingerprint density at radius 2 is 1.86 bits per heavy atom. The lowest BCUT2D eigenvalue weighted by Crippen LogP contribution is -2.26. The standard InChI is InChI=1S/C16H24N2O3/c1-3-5-12-18(4-2)14-8-6-13(7-9-14)16(21)17-11-10-15(19)20/h6-9H,3-5,10-12H2,1-2H3,(H,17,21)(H,19,20). The minimum atomic E-state index is -0.917. The Hall–Kier alpha value is -2.04. The summed E-state index contributed by atoms with van der Waals surface area (Å²) in [5, 5.41) is 11.1. The summed E-state index contributed by atoms with van der Waals surface area (Å²) in [6, 6.07) is 7.43. The number of carbonyl (C=O) groups excluding carboxylic acids is 1. The molecule has 0 aliphatic rings. The Balaban J connectivity index is 2.59. The van der Waals surface area contributed by atoms with E-state index in [0.29, 0.717) is 5.56 Å². The molecule has 0 heterocycles. The first-order valence-corrected chi connectivity index (χ1v) is 7.43. The number of nitrogens with one attached hydrogen (secondary N) is 1. The Labute approximate surface area is 126 Å². The number of benzene rings is 1. The fraction of sp³-hybridized carbons (Fsp3) is 0.500. The number of carboxylic acid groups (broad SMARTS) is 1. The Bertz CT molecular complexity index is 457. The highest BCUT2D eigenvalue weighted by atomic mass is 16.4. The summed E-state index contributed by atoms with van der Waals surface area (Å²) in [5.74, 6) is -1.15. The highest BCUT2D eigenvalue weighted by molar-refractivity contribution is 5.94. The third-order valence-corrected chi connectivity index (χ3v) is 3.28. The van der Waals surface area contributed by atoms with Crippen LogP contribution in [-0.2, 0) is 4.79 Å². The molecular weight excluding hydrogens is 268 g/mol. The number of amides is 1. The number of anilines is 1. The van der Waals surface area contributed by atoms with Gasteiger partial charge < -0.3 is 15.3 Å². The summed E-state index contributed by atoms with van der Waals surface area (Å²) in [6.07, 6.45) is 2.23. The molecule has 1 aromatic rings. The maximum atomic E-state index is 11.8. The molecule has 1 rings (SSSR count). The molecule has 0 saturated carbocycles. The topological polar surface area (TPSA) is 69.6 Å². The van der Waals surface area contributed by atoms with E-state index in [1.54, 1.807) is 12.1 Å². The van der Waals surface area contributed by atoms with Crippen molar-refractivity contribution in [3.05, 3.63) is 29.8 Å². The van der Waals surface area contributed by atoms with Crippen molar-refractivity contribution in [2.75, 3.05) is 24.5 Å². The van der Waals surface area contributed by atoms with E-state index in [9.17, 15) is 9.59 Å². The number of carbonyl (C=O) groups is 2. The predicted octanol–water partition coefficient (Wildman–Crippen LogP) is 2.52. The second-order valence-electron chi connectivity index (χ2n) is 4.88. The molecule has 0 fully saturated rings. The van der Waals surface area contributed by atoms with Crippen LogP contribution in [0.15, 0.2) is 24.3 Å². The lowest BCUT2D eigenvalue weighted by atomic mass is 10.1. The van der Waals surface area contributed by atoms with Gasteiger partial charge >= 0.3 is 5.97 Å². The van der Waals surface area contributed by atoms with Crippen molar-refractivity contribution in [2.24, 2.45) is 0 Å². The third-order valence-electron chi connectivity index (χ3n) is 3.28. The van der Waals surface area contributed by atoms with Crippen molar-refractivity contribution in [1.82, 2.24) is 5.32 Å². The van der Waals surface area contributed by atoms with Crippen LogP contribution < -0.4 is 10.2 Å². The summed E-state index contributed by atoms with van der Waals surface area (Å²) in [4.78, 5) is 24.5. The van der Waals surface area contributed by atoms with Crippen LogP contribution >= 0.6 is 0 Å². The highest BCUT2D eigenvalue weighted by Crippen LogP contribution is 2.16. The number of carboxylic acids is 1. The fourth-order valence-corrected chi connectivity index (χ4v) is 2.03. The lowest BCUT2D eigenvalue weighted by Gasteiger charge is -2.23. The fourth-order valence-electron chi connectivity index (χ4n) is 2.03. The van der Waals surface area contributed by atoms with Crippen molar-refractivity contribution < 1.29 is 14.7 Å². The van der Waals surface area contributed by atoms with Gasteiger partial charge in [0.05, 0.1) is 6.42 Å². The van der Waals surface area contributed by atoms with Crippen LogP contribution in [0.25, 0.3) is 0 Å². The molecule has 0 radical (unpaired) electrons. The number of aliphatic carboxylic acids is 1. The lowest BCUT2D eigenvalue weighted by molar-refractivity contribution is -0.136. The Morgan fingerprint density at radius 1 is 1.19 bits per heavy atom. The SMILES string of the molecule is CCCCN(CC)c1ccc(C(=O)NCCC(=O)O)cc1. The zero-order valence-electron chi connectivity index (χ0n) is 12.8. The van der Waals surface area contributed by atoms with E-state index in [1.165, 1.54) is 0 Å². The third kappa shape index (κ3) is 5.85. The molecule has 2 N–H and O–H groups in total. The van der Waals surface area contributed by atoms with E-state index in [-0.39, 0.29) is 18.9 Å². The van der Waals surface area contributed by atoms with Crippen LogP contribution in [-0.4, -0.2) is 36.6 Å². The predicted molar refractivity (Wildman–Crippen MR) is 83.8 cm³/mol. The van der Waals surface area contributed by atoms with Crippen LogP contribution in [0.5, 0.6) is 0 Å². The van der Waals surface area contributed by atoms with Crippen molar-refractivity contribution in [3.63, 3.8) is 0 Å². The maximum absolute atomic E-state index is 11.8. The number of nitrogens with zero attached hydrogens (tertiary/aromatic N) is 1. The van der Waals surface area contributed by atoms with Crippen LogP contribution in [0, 0.1) is 0 Å². The minimum Gasteiger partial charge on any atom is -0.481 e. The first-order chi connectivity index (χ1) is 10.1. The van der Waals surface area contributed by atoms with E-state index in [1.807, 2.05) is 12.1 Å². The van der Waals surface area contributed by atoms with E-state index in [4.69, 9.17) is 5.11 Å². The maximum Gasteiger partial charge on any atom is 0.305 e. The van der Waals surface area contributed by atoms with Gasteiger partial charge in [0.15, 0.2) is 0 Å². The van der Waals surface area contributed by atoms with Gasteiger partial charge in [-0.1, -0.05) is 13.3 Å². The van der Waals surface area contributed by atoms with E-state index >= 15 is 0 Å². The molecule has 1 aromatic carbocycles. The number of hydrogen-bond acceptors (Lipinski definition) is 3. The minimum absolute atomic E-state index is 0.0650. The van der Waals surface area contributed by atoms with Crippen molar-refractivity contribution in [3.8, 4) is 0 Å². The smallest absolute Gasteiger partial charge is 0.305 e. The molecule has 0 saturated heterocycles. The molecule has 0 aromatic heterocycles. The van der Waals surface area contributed by atoms with Crippen molar-refractivity contribution in [2.45, 2.75) is 33.1 Å². The first kappa shape index (κ1) is 17.0. The van der Waals surface area contributed by atoms with Gasteiger partial charge in [-0.05, 0) is 37.6 Å². The monoisotopic (exact) mass is 292 g/mol.